The molecule has 2 fully saturated rings. The van der Waals surface area contributed by atoms with Crippen LogP contribution in [0.3, 0.4) is 0 Å². The molecule has 1 amide bonds. The number of rotatable bonds is 7. The molecule has 4 nitrogen and oxygen atoms in total. The number of hydrogen-bond acceptors (Lipinski definition) is 3. The van der Waals surface area contributed by atoms with Gasteiger partial charge in [-0.3, -0.25) is 14.6 Å². The Kier molecular flexibility index (Phi) is 6.08. The lowest BCUT2D eigenvalue weighted by Crippen LogP contribution is -2.50. The number of carbonyl (C=O) groups excluding carboxylic acids is 1. The molecule has 0 aromatic heterocycles. The van der Waals surface area contributed by atoms with Crippen LogP contribution >= 0.6 is 0 Å². The second-order valence-electron chi connectivity index (χ2n) is 8.25. The zero-order valence-electron chi connectivity index (χ0n) is 16.8. The molecule has 0 spiro atoms. The van der Waals surface area contributed by atoms with Gasteiger partial charge in [0.1, 0.15) is 0 Å². The Hall–Kier alpha value is -2.17. The minimum Gasteiger partial charge on any atom is -0.344 e. The SMILES string of the molecule is CN(CC1CC1)C(=O)CN1CCN(C(c2ccccc2)c2ccccc2)CC1. The fourth-order valence-corrected chi connectivity index (χ4v) is 4.17. The van der Waals surface area contributed by atoms with Gasteiger partial charge < -0.3 is 4.90 Å². The van der Waals surface area contributed by atoms with Crippen molar-refractivity contribution in [1.82, 2.24) is 14.7 Å². The lowest BCUT2D eigenvalue weighted by molar-refractivity contribution is -0.131. The molecule has 0 unspecified atom stereocenters. The average molecular weight is 378 g/mol. The van der Waals surface area contributed by atoms with Crippen LogP contribution in [0.15, 0.2) is 60.7 Å². The summed E-state index contributed by atoms with van der Waals surface area (Å²) >= 11 is 0. The largest absolute Gasteiger partial charge is 0.344 e. The van der Waals surface area contributed by atoms with Crippen LogP contribution in [0.5, 0.6) is 0 Å². The third-order valence-corrected chi connectivity index (χ3v) is 6.02. The van der Waals surface area contributed by atoms with Crippen LogP contribution in [0.4, 0.5) is 0 Å². The lowest BCUT2D eigenvalue weighted by Gasteiger charge is -2.40. The van der Waals surface area contributed by atoms with Gasteiger partial charge in [-0.25, -0.2) is 0 Å². The van der Waals surface area contributed by atoms with Crippen molar-refractivity contribution in [3.05, 3.63) is 71.8 Å². The fourth-order valence-electron chi connectivity index (χ4n) is 4.17. The molecule has 4 heteroatoms. The van der Waals surface area contributed by atoms with E-state index in [-0.39, 0.29) is 11.9 Å². The van der Waals surface area contributed by atoms with Crippen LogP contribution in [0.25, 0.3) is 0 Å². The number of likely N-dealkylation sites (N-methyl/N-ethyl adjacent to an activating group) is 1. The maximum Gasteiger partial charge on any atom is 0.236 e. The summed E-state index contributed by atoms with van der Waals surface area (Å²) in [6.07, 6.45) is 2.58. The average Bonchev–Trinajstić information content (AvgIpc) is 3.55. The van der Waals surface area contributed by atoms with Crippen LogP contribution in [-0.4, -0.2) is 66.9 Å². The van der Waals surface area contributed by atoms with Crippen LogP contribution in [0.1, 0.15) is 30.0 Å². The highest BCUT2D eigenvalue weighted by atomic mass is 16.2. The lowest BCUT2D eigenvalue weighted by atomic mass is 9.96. The molecule has 148 valence electrons. The minimum absolute atomic E-state index is 0.267. The molecule has 2 aromatic rings. The van der Waals surface area contributed by atoms with E-state index in [1.807, 2.05) is 11.9 Å². The summed E-state index contributed by atoms with van der Waals surface area (Å²) in [4.78, 5) is 19.3. The molecule has 1 saturated carbocycles. The van der Waals surface area contributed by atoms with E-state index in [1.165, 1.54) is 24.0 Å². The number of amides is 1. The topological polar surface area (TPSA) is 26.8 Å². The molecule has 4 rings (SSSR count). The van der Waals surface area contributed by atoms with E-state index in [1.54, 1.807) is 0 Å². The van der Waals surface area contributed by atoms with Gasteiger partial charge >= 0.3 is 0 Å². The highest BCUT2D eigenvalue weighted by Gasteiger charge is 2.29. The molecule has 0 radical (unpaired) electrons. The smallest absolute Gasteiger partial charge is 0.236 e. The van der Waals surface area contributed by atoms with E-state index in [0.717, 1.165) is 38.6 Å². The Labute approximate surface area is 168 Å². The van der Waals surface area contributed by atoms with Crippen molar-refractivity contribution in [2.45, 2.75) is 18.9 Å². The molecule has 1 heterocycles. The zero-order valence-corrected chi connectivity index (χ0v) is 16.8. The van der Waals surface area contributed by atoms with Gasteiger partial charge in [-0.2, -0.15) is 0 Å². The van der Waals surface area contributed by atoms with Crippen molar-refractivity contribution in [2.24, 2.45) is 5.92 Å². The maximum absolute atomic E-state index is 12.5. The first-order valence-corrected chi connectivity index (χ1v) is 10.5. The molecule has 1 saturated heterocycles. The third kappa shape index (κ3) is 4.81. The predicted octanol–water partition coefficient (Wildman–Crippen LogP) is 3.26. The number of hydrogen-bond donors (Lipinski definition) is 0. The highest BCUT2D eigenvalue weighted by Crippen LogP contribution is 2.30. The predicted molar refractivity (Wildman–Crippen MR) is 113 cm³/mol. The summed E-state index contributed by atoms with van der Waals surface area (Å²) < 4.78 is 0. The summed E-state index contributed by atoms with van der Waals surface area (Å²) in [7, 11) is 1.96. The summed E-state index contributed by atoms with van der Waals surface area (Å²) in [5.41, 5.74) is 2.67. The summed E-state index contributed by atoms with van der Waals surface area (Å²) in [6.45, 7) is 5.34. The van der Waals surface area contributed by atoms with E-state index in [0.29, 0.717) is 6.54 Å². The van der Waals surface area contributed by atoms with Gasteiger partial charge in [-0.05, 0) is 29.9 Å². The zero-order chi connectivity index (χ0) is 19.3. The van der Waals surface area contributed by atoms with Crippen LogP contribution < -0.4 is 0 Å². The van der Waals surface area contributed by atoms with Crippen molar-refractivity contribution >= 4 is 5.91 Å². The van der Waals surface area contributed by atoms with E-state index in [2.05, 4.69) is 70.5 Å². The normalized spacial score (nSPS) is 18.4. The summed E-state index contributed by atoms with van der Waals surface area (Å²) in [5.74, 6) is 1.02. The van der Waals surface area contributed by atoms with Crippen LogP contribution in [0, 0.1) is 5.92 Å². The summed E-state index contributed by atoms with van der Waals surface area (Å²) in [6, 6.07) is 21.8. The van der Waals surface area contributed by atoms with Gasteiger partial charge in [0.05, 0.1) is 12.6 Å². The maximum atomic E-state index is 12.5. The highest BCUT2D eigenvalue weighted by molar-refractivity contribution is 5.78. The molecule has 2 aromatic carbocycles. The van der Waals surface area contributed by atoms with Crippen LogP contribution in [-0.2, 0) is 4.79 Å². The van der Waals surface area contributed by atoms with E-state index in [4.69, 9.17) is 0 Å². The second-order valence-corrected chi connectivity index (χ2v) is 8.25. The molecule has 0 bridgehead atoms. The van der Waals surface area contributed by atoms with Gasteiger partial charge in [0.15, 0.2) is 0 Å². The minimum atomic E-state index is 0.267. The van der Waals surface area contributed by atoms with Crippen molar-refractivity contribution in [3.63, 3.8) is 0 Å². The van der Waals surface area contributed by atoms with Gasteiger partial charge in [0, 0.05) is 39.8 Å². The number of nitrogens with zero attached hydrogens (tertiary/aromatic N) is 3. The molecule has 2 aliphatic rings. The standard InChI is InChI=1S/C24H31N3O/c1-25(18-20-12-13-20)23(28)19-26-14-16-27(17-15-26)24(21-8-4-2-5-9-21)22-10-6-3-7-11-22/h2-11,20,24H,12-19H2,1H3. The van der Waals surface area contributed by atoms with Gasteiger partial charge in [0.2, 0.25) is 5.91 Å². The molecule has 1 aliphatic carbocycles. The van der Waals surface area contributed by atoms with Crippen molar-refractivity contribution in [1.29, 1.82) is 0 Å². The fraction of sp³-hybridized carbons (Fsp3) is 0.458. The first-order valence-electron chi connectivity index (χ1n) is 10.5. The van der Waals surface area contributed by atoms with Gasteiger partial charge in [0.25, 0.3) is 0 Å². The Balaban J connectivity index is 1.38. The van der Waals surface area contributed by atoms with Crippen LogP contribution in [0.2, 0.25) is 0 Å². The van der Waals surface area contributed by atoms with E-state index < -0.39 is 0 Å². The molecule has 28 heavy (non-hydrogen) atoms. The van der Waals surface area contributed by atoms with E-state index >= 15 is 0 Å². The van der Waals surface area contributed by atoms with Gasteiger partial charge in [-0.15, -0.1) is 0 Å². The number of piperazine rings is 1. The third-order valence-electron chi connectivity index (χ3n) is 6.02. The quantitative estimate of drug-likeness (QED) is 0.741. The van der Waals surface area contributed by atoms with Crippen molar-refractivity contribution in [3.8, 4) is 0 Å². The Morgan fingerprint density at radius 1 is 0.929 bits per heavy atom. The number of benzene rings is 2. The molecular formula is C24H31N3O. The first kappa shape index (κ1) is 19.2. The Bertz CT molecular complexity index is 712. The molecule has 0 atom stereocenters. The van der Waals surface area contributed by atoms with Crippen molar-refractivity contribution < 1.29 is 4.79 Å². The Morgan fingerprint density at radius 2 is 1.46 bits per heavy atom. The van der Waals surface area contributed by atoms with E-state index in [9.17, 15) is 4.79 Å². The molecule has 1 aliphatic heterocycles. The molecular weight excluding hydrogens is 346 g/mol. The Morgan fingerprint density at radius 3 is 1.96 bits per heavy atom. The first-order chi connectivity index (χ1) is 13.7. The van der Waals surface area contributed by atoms with Gasteiger partial charge in [-0.1, -0.05) is 60.7 Å². The van der Waals surface area contributed by atoms with Crippen molar-refractivity contribution in [2.75, 3.05) is 46.3 Å². The monoisotopic (exact) mass is 377 g/mol. The second kappa shape index (κ2) is 8.89. The number of carbonyl (C=O) groups is 1. The molecule has 0 N–H and O–H groups in total. The summed E-state index contributed by atoms with van der Waals surface area (Å²) in [5, 5.41) is 0.